The summed E-state index contributed by atoms with van der Waals surface area (Å²) in [6.45, 7) is 2.75. The number of carbonyl (C=O) groups is 1. The predicted octanol–water partition coefficient (Wildman–Crippen LogP) is 4.94. The van der Waals surface area contributed by atoms with Crippen LogP contribution < -0.4 is 10.2 Å². The summed E-state index contributed by atoms with van der Waals surface area (Å²) >= 11 is 0. The predicted molar refractivity (Wildman–Crippen MR) is 119 cm³/mol. The van der Waals surface area contributed by atoms with Gasteiger partial charge in [-0.25, -0.2) is 13.6 Å². The van der Waals surface area contributed by atoms with Gasteiger partial charge in [0.15, 0.2) is 12.1 Å². The molecule has 0 radical (unpaired) electrons. The SMILES string of the molecule is O=C(Nc1cc(F)cc(F)c1N1CC2[C@@H](COC3CCCCO3)[C@H]2C1)OCc1ccccc1. The maximum Gasteiger partial charge on any atom is 0.412 e. The van der Waals surface area contributed by atoms with Crippen LogP contribution in [0, 0.1) is 29.4 Å². The highest BCUT2D eigenvalue weighted by molar-refractivity contribution is 5.90. The third-order valence-electron chi connectivity index (χ3n) is 6.78. The highest BCUT2D eigenvalue weighted by Gasteiger charge is 2.56. The van der Waals surface area contributed by atoms with Crippen molar-refractivity contribution in [3.8, 4) is 0 Å². The highest BCUT2D eigenvalue weighted by atomic mass is 19.1. The van der Waals surface area contributed by atoms with Crippen LogP contribution in [0.1, 0.15) is 24.8 Å². The Labute approximate surface area is 191 Å². The minimum absolute atomic E-state index is 0.0695. The Morgan fingerprint density at radius 3 is 2.64 bits per heavy atom. The number of rotatable bonds is 7. The van der Waals surface area contributed by atoms with Crippen LogP contribution in [0.5, 0.6) is 0 Å². The number of ether oxygens (including phenoxy) is 3. The van der Waals surface area contributed by atoms with Crippen molar-refractivity contribution < 1.29 is 27.8 Å². The highest BCUT2D eigenvalue weighted by Crippen LogP contribution is 2.53. The zero-order chi connectivity index (χ0) is 22.8. The molecule has 8 heteroatoms. The first-order valence-electron chi connectivity index (χ1n) is 11.5. The van der Waals surface area contributed by atoms with E-state index in [-0.39, 0.29) is 24.3 Å². The summed E-state index contributed by atoms with van der Waals surface area (Å²) < 4.78 is 45.5. The van der Waals surface area contributed by atoms with Crippen molar-refractivity contribution in [3.05, 3.63) is 59.7 Å². The molecule has 1 saturated carbocycles. The normalized spacial score (nSPS) is 26.1. The molecule has 2 aromatic rings. The molecule has 2 aliphatic heterocycles. The van der Waals surface area contributed by atoms with Crippen molar-refractivity contribution in [2.45, 2.75) is 32.2 Å². The van der Waals surface area contributed by atoms with Gasteiger partial charge in [0.05, 0.1) is 18.0 Å². The lowest BCUT2D eigenvalue weighted by Crippen LogP contribution is -2.29. The Hall–Kier alpha value is -2.71. The van der Waals surface area contributed by atoms with E-state index in [0.717, 1.165) is 43.6 Å². The molecule has 33 heavy (non-hydrogen) atoms. The molecule has 3 aliphatic rings. The quantitative estimate of drug-likeness (QED) is 0.637. The largest absolute Gasteiger partial charge is 0.444 e. The molecule has 176 valence electrons. The maximum absolute atomic E-state index is 14.8. The number of benzene rings is 2. The Morgan fingerprint density at radius 1 is 1.12 bits per heavy atom. The summed E-state index contributed by atoms with van der Waals surface area (Å²) in [5.74, 6) is -0.217. The van der Waals surface area contributed by atoms with E-state index in [0.29, 0.717) is 37.5 Å². The lowest BCUT2D eigenvalue weighted by molar-refractivity contribution is -0.165. The molecule has 3 fully saturated rings. The second-order valence-electron chi connectivity index (χ2n) is 9.00. The summed E-state index contributed by atoms with van der Waals surface area (Å²) in [6.07, 6.45) is 2.29. The van der Waals surface area contributed by atoms with E-state index in [4.69, 9.17) is 14.2 Å². The number of anilines is 2. The molecular weight excluding hydrogens is 430 g/mol. The first-order valence-corrected chi connectivity index (χ1v) is 11.5. The molecular formula is C25H28F2N2O4. The van der Waals surface area contributed by atoms with E-state index in [1.807, 2.05) is 35.2 Å². The van der Waals surface area contributed by atoms with Gasteiger partial charge in [0, 0.05) is 25.8 Å². The Bertz CT molecular complexity index is 972. The summed E-state index contributed by atoms with van der Waals surface area (Å²) in [5, 5.41) is 2.52. The van der Waals surface area contributed by atoms with Crippen LogP contribution in [0.4, 0.5) is 25.0 Å². The minimum atomic E-state index is -0.756. The Morgan fingerprint density at radius 2 is 1.91 bits per heavy atom. The van der Waals surface area contributed by atoms with Gasteiger partial charge in [-0.15, -0.1) is 0 Å². The molecule has 2 saturated heterocycles. The van der Waals surface area contributed by atoms with Gasteiger partial charge in [0.1, 0.15) is 12.4 Å². The van der Waals surface area contributed by atoms with Crippen molar-refractivity contribution >= 4 is 17.5 Å². The molecule has 5 rings (SSSR count). The zero-order valence-corrected chi connectivity index (χ0v) is 18.3. The lowest BCUT2D eigenvalue weighted by atomic mass is 10.2. The number of piperidine rings is 1. The molecule has 2 heterocycles. The molecule has 1 amide bonds. The smallest absolute Gasteiger partial charge is 0.412 e. The van der Waals surface area contributed by atoms with Crippen LogP contribution in [0.15, 0.2) is 42.5 Å². The number of hydrogen-bond donors (Lipinski definition) is 1. The lowest BCUT2D eigenvalue weighted by Gasteiger charge is -2.26. The van der Waals surface area contributed by atoms with Crippen molar-refractivity contribution in [1.82, 2.24) is 0 Å². The van der Waals surface area contributed by atoms with E-state index in [1.165, 1.54) is 0 Å². The van der Waals surface area contributed by atoms with Crippen molar-refractivity contribution in [2.75, 3.05) is 36.5 Å². The number of carbonyl (C=O) groups excluding carboxylic acids is 1. The molecule has 1 N–H and O–H groups in total. The third kappa shape index (κ3) is 5.12. The van der Waals surface area contributed by atoms with Gasteiger partial charge in [-0.1, -0.05) is 30.3 Å². The van der Waals surface area contributed by atoms with Crippen LogP contribution in [-0.2, 0) is 20.8 Å². The van der Waals surface area contributed by atoms with Crippen molar-refractivity contribution in [1.29, 1.82) is 0 Å². The second kappa shape index (κ2) is 9.65. The van der Waals surface area contributed by atoms with E-state index in [2.05, 4.69) is 5.32 Å². The van der Waals surface area contributed by atoms with Crippen LogP contribution in [0.25, 0.3) is 0 Å². The molecule has 6 nitrogen and oxygen atoms in total. The number of nitrogens with one attached hydrogen (secondary N) is 1. The zero-order valence-electron chi connectivity index (χ0n) is 18.3. The first kappa shape index (κ1) is 22.1. The van der Waals surface area contributed by atoms with E-state index in [1.54, 1.807) is 0 Å². The Kier molecular flexibility index (Phi) is 6.46. The monoisotopic (exact) mass is 458 g/mol. The maximum atomic E-state index is 14.8. The molecule has 2 unspecified atom stereocenters. The molecule has 1 aliphatic carbocycles. The van der Waals surface area contributed by atoms with E-state index in [9.17, 15) is 13.6 Å². The Balaban J connectivity index is 1.18. The van der Waals surface area contributed by atoms with Gasteiger partial charge < -0.3 is 19.1 Å². The second-order valence-corrected chi connectivity index (χ2v) is 9.00. The fourth-order valence-electron chi connectivity index (χ4n) is 4.99. The number of amides is 1. The molecule has 0 spiro atoms. The molecule has 2 aromatic carbocycles. The van der Waals surface area contributed by atoms with Gasteiger partial charge in [-0.2, -0.15) is 0 Å². The molecule has 0 aromatic heterocycles. The van der Waals surface area contributed by atoms with Gasteiger partial charge >= 0.3 is 6.09 Å². The standard InChI is InChI=1S/C25H28F2N2O4/c26-17-10-21(27)24(22(11-17)28-25(30)33-14-16-6-2-1-3-7-16)29-12-18-19(13-29)20(18)15-32-23-8-4-5-9-31-23/h1-3,6-7,10-11,18-20,23H,4-5,8-9,12-15H2,(H,28,30)/t18-,19?,20-,23?/m0/s1. The summed E-state index contributed by atoms with van der Waals surface area (Å²) in [7, 11) is 0. The van der Waals surface area contributed by atoms with Crippen molar-refractivity contribution in [3.63, 3.8) is 0 Å². The fraction of sp³-hybridized carbons (Fsp3) is 0.480. The topological polar surface area (TPSA) is 60.0 Å². The van der Waals surface area contributed by atoms with Crippen LogP contribution in [0.2, 0.25) is 0 Å². The van der Waals surface area contributed by atoms with Crippen LogP contribution >= 0.6 is 0 Å². The summed E-state index contributed by atoms with van der Waals surface area (Å²) in [5.41, 5.74) is 1.11. The summed E-state index contributed by atoms with van der Waals surface area (Å²) in [6, 6.07) is 11.2. The average molecular weight is 459 g/mol. The number of fused-ring (bicyclic) bond motifs is 1. The van der Waals surface area contributed by atoms with Gasteiger partial charge in [-0.05, 0) is 48.6 Å². The van der Waals surface area contributed by atoms with Gasteiger partial charge in [-0.3, -0.25) is 5.32 Å². The van der Waals surface area contributed by atoms with E-state index >= 15 is 0 Å². The molecule has 0 bridgehead atoms. The third-order valence-corrected chi connectivity index (χ3v) is 6.78. The fourth-order valence-corrected chi connectivity index (χ4v) is 4.99. The van der Waals surface area contributed by atoms with Gasteiger partial charge in [0.25, 0.3) is 0 Å². The van der Waals surface area contributed by atoms with E-state index < -0.39 is 17.7 Å². The molecule has 4 atom stereocenters. The number of halogens is 2. The average Bonchev–Trinajstić information content (AvgIpc) is 3.26. The minimum Gasteiger partial charge on any atom is -0.444 e. The first-order chi connectivity index (χ1) is 16.1. The summed E-state index contributed by atoms with van der Waals surface area (Å²) in [4.78, 5) is 14.2. The van der Waals surface area contributed by atoms with Crippen LogP contribution in [0.3, 0.4) is 0 Å². The van der Waals surface area contributed by atoms with Gasteiger partial charge in [0.2, 0.25) is 0 Å². The van der Waals surface area contributed by atoms with Crippen LogP contribution in [-0.4, -0.2) is 38.7 Å². The van der Waals surface area contributed by atoms with Crippen molar-refractivity contribution in [2.24, 2.45) is 17.8 Å². The number of hydrogen-bond acceptors (Lipinski definition) is 5. The number of nitrogens with zero attached hydrogens (tertiary/aromatic N) is 1.